The number of hydrogen-bond donors (Lipinski definition) is 1. The predicted octanol–water partition coefficient (Wildman–Crippen LogP) is 4.30. The van der Waals surface area contributed by atoms with Gasteiger partial charge in [-0.15, -0.1) is 5.10 Å². The summed E-state index contributed by atoms with van der Waals surface area (Å²) in [6.45, 7) is 2.64. The van der Waals surface area contributed by atoms with Gasteiger partial charge in [-0.2, -0.15) is 4.80 Å². The van der Waals surface area contributed by atoms with Gasteiger partial charge >= 0.3 is 0 Å². The molecule has 0 spiro atoms. The smallest absolute Gasteiger partial charge is 0.270 e. The average molecular weight is 392 g/mol. The lowest BCUT2D eigenvalue weighted by molar-refractivity contribution is -0.111. The first-order chi connectivity index (χ1) is 12.6. The molecule has 0 unspecified atom stereocenters. The summed E-state index contributed by atoms with van der Waals surface area (Å²) < 4.78 is 5.68. The van der Waals surface area contributed by atoms with Crippen LogP contribution in [-0.4, -0.2) is 26.1 Å². The molecule has 134 valence electrons. The van der Waals surface area contributed by atoms with Gasteiger partial charge in [-0.05, 0) is 42.0 Å². The summed E-state index contributed by atoms with van der Waals surface area (Å²) in [7, 11) is 0. The van der Waals surface area contributed by atoms with Gasteiger partial charge in [-0.3, -0.25) is 10.1 Å². The van der Waals surface area contributed by atoms with Gasteiger partial charge in [0.05, 0.1) is 16.6 Å². The second-order valence-electron chi connectivity index (χ2n) is 5.33. The van der Waals surface area contributed by atoms with Crippen molar-refractivity contribution < 1.29 is 9.21 Å². The van der Waals surface area contributed by atoms with Crippen molar-refractivity contribution in [3.63, 3.8) is 0 Å². The molecule has 9 heteroatoms. The Kier molecular flexibility index (Phi) is 5.70. The van der Waals surface area contributed by atoms with Gasteiger partial charge < -0.3 is 4.42 Å². The van der Waals surface area contributed by atoms with E-state index in [0.717, 1.165) is 6.42 Å². The third-order valence-corrected chi connectivity index (χ3v) is 4.17. The lowest BCUT2D eigenvalue weighted by atomic mass is 10.2. The summed E-state index contributed by atoms with van der Waals surface area (Å²) in [5.74, 6) is 0.814. The molecule has 0 saturated heterocycles. The predicted molar refractivity (Wildman–Crippen MR) is 99.9 cm³/mol. The second-order valence-corrected chi connectivity index (χ2v) is 6.12. The van der Waals surface area contributed by atoms with Gasteiger partial charge in [0.25, 0.3) is 11.9 Å². The zero-order valence-electron chi connectivity index (χ0n) is 13.8. The maximum Gasteiger partial charge on any atom is 0.270 e. The molecule has 0 radical (unpaired) electrons. The van der Waals surface area contributed by atoms with Crippen molar-refractivity contribution in [1.29, 1.82) is 0 Å². The van der Waals surface area contributed by atoms with E-state index in [1.54, 1.807) is 30.3 Å². The highest BCUT2D eigenvalue weighted by Gasteiger charge is 2.10. The van der Waals surface area contributed by atoms with Crippen molar-refractivity contribution in [3.05, 3.63) is 52.2 Å². The minimum atomic E-state index is -0.389. The van der Waals surface area contributed by atoms with E-state index in [0.29, 0.717) is 33.7 Å². The van der Waals surface area contributed by atoms with E-state index < -0.39 is 0 Å². The van der Waals surface area contributed by atoms with Crippen molar-refractivity contribution in [2.24, 2.45) is 0 Å². The molecular formula is C17H15Cl2N5O2. The number of nitrogens with zero attached hydrogens (tertiary/aromatic N) is 4. The number of anilines is 1. The van der Waals surface area contributed by atoms with E-state index in [1.165, 1.54) is 16.9 Å². The van der Waals surface area contributed by atoms with Crippen LogP contribution in [0.1, 0.15) is 19.1 Å². The number of hydrogen-bond acceptors (Lipinski definition) is 5. The van der Waals surface area contributed by atoms with Crippen LogP contribution in [0.25, 0.3) is 17.4 Å². The molecular weight excluding hydrogens is 377 g/mol. The Labute approximate surface area is 159 Å². The van der Waals surface area contributed by atoms with E-state index in [2.05, 4.69) is 20.7 Å². The van der Waals surface area contributed by atoms with Crippen LogP contribution in [0, 0.1) is 0 Å². The zero-order chi connectivity index (χ0) is 18.5. The Balaban J connectivity index is 1.66. The first kappa shape index (κ1) is 18.2. The van der Waals surface area contributed by atoms with Crippen LogP contribution >= 0.6 is 23.2 Å². The quantitative estimate of drug-likeness (QED) is 0.632. The van der Waals surface area contributed by atoms with Crippen molar-refractivity contribution in [2.45, 2.75) is 19.9 Å². The Morgan fingerprint density at radius 1 is 1.31 bits per heavy atom. The molecule has 1 aromatic carbocycles. The Bertz CT molecular complexity index is 948. The number of aryl methyl sites for hydroxylation is 1. The maximum atomic E-state index is 11.9. The highest BCUT2D eigenvalue weighted by atomic mass is 35.5. The SMILES string of the molecule is CCCn1nnc(NC(=O)C=Cc2ccc(-c3cccc(Cl)c3Cl)o2)n1. The minimum Gasteiger partial charge on any atom is -0.457 e. The highest BCUT2D eigenvalue weighted by molar-refractivity contribution is 6.43. The summed E-state index contributed by atoms with van der Waals surface area (Å²) >= 11 is 12.2. The molecule has 3 rings (SSSR count). The summed E-state index contributed by atoms with van der Waals surface area (Å²) in [6.07, 6.45) is 3.73. The largest absolute Gasteiger partial charge is 0.457 e. The standard InChI is InChI=1S/C17H15Cl2N5O2/c1-2-10-24-22-17(21-23-24)20-15(25)9-7-11-6-8-14(26-11)12-4-3-5-13(18)16(12)19/h3-9H,2,10H2,1H3,(H,20,22,25). The van der Waals surface area contributed by atoms with Crippen molar-refractivity contribution >= 4 is 41.1 Å². The number of nitrogens with one attached hydrogen (secondary N) is 1. The molecule has 0 fully saturated rings. The molecule has 0 bridgehead atoms. The van der Waals surface area contributed by atoms with Crippen LogP contribution in [0.5, 0.6) is 0 Å². The molecule has 3 aromatic rings. The highest BCUT2D eigenvalue weighted by Crippen LogP contribution is 2.34. The number of carbonyl (C=O) groups excluding carboxylic acids is 1. The average Bonchev–Trinajstić information content (AvgIpc) is 3.25. The second kappa shape index (κ2) is 8.16. The van der Waals surface area contributed by atoms with E-state index >= 15 is 0 Å². The first-order valence-electron chi connectivity index (χ1n) is 7.88. The van der Waals surface area contributed by atoms with Crippen LogP contribution in [-0.2, 0) is 11.3 Å². The molecule has 0 aliphatic heterocycles. The number of rotatable bonds is 6. The number of carbonyl (C=O) groups is 1. The van der Waals surface area contributed by atoms with Gasteiger partial charge in [0.2, 0.25) is 0 Å². The van der Waals surface area contributed by atoms with Gasteiger partial charge in [0, 0.05) is 11.6 Å². The molecule has 2 aromatic heterocycles. The third kappa shape index (κ3) is 4.30. The lowest BCUT2D eigenvalue weighted by Gasteiger charge is -2.01. The molecule has 0 aliphatic rings. The summed E-state index contributed by atoms with van der Waals surface area (Å²) in [5, 5.41) is 15.0. The van der Waals surface area contributed by atoms with Crippen molar-refractivity contribution in [3.8, 4) is 11.3 Å². The number of aromatic nitrogens is 4. The third-order valence-electron chi connectivity index (χ3n) is 3.35. The molecule has 0 saturated carbocycles. The van der Waals surface area contributed by atoms with E-state index in [1.807, 2.05) is 6.92 Å². The molecule has 2 heterocycles. The molecule has 1 N–H and O–H groups in total. The normalized spacial score (nSPS) is 11.2. The molecule has 7 nitrogen and oxygen atoms in total. The first-order valence-corrected chi connectivity index (χ1v) is 8.63. The fourth-order valence-electron chi connectivity index (χ4n) is 2.18. The molecule has 0 atom stereocenters. The van der Waals surface area contributed by atoms with Gasteiger partial charge in [-0.1, -0.05) is 41.3 Å². The van der Waals surface area contributed by atoms with E-state index in [4.69, 9.17) is 27.6 Å². The number of furan rings is 1. The Morgan fingerprint density at radius 3 is 2.96 bits per heavy atom. The summed E-state index contributed by atoms with van der Waals surface area (Å²) in [4.78, 5) is 13.4. The summed E-state index contributed by atoms with van der Waals surface area (Å²) in [6, 6.07) is 8.78. The Hall–Kier alpha value is -2.64. The van der Waals surface area contributed by atoms with Crippen molar-refractivity contribution in [2.75, 3.05) is 5.32 Å². The van der Waals surface area contributed by atoms with Crippen LogP contribution < -0.4 is 5.32 Å². The molecule has 26 heavy (non-hydrogen) atoms. The van der Waals surface area contributed by atoms with Crippen LogP contribution in [0.2, 0.25) is 10.0 Å². The number of benzene rings is 1. The number of amides is 1. The Morgan fingerprint density at radius 2 is 2.15 bits per heavy atom. The van der Waals surface area contributed by atoms with Crippen LogP contribution in [0.4, 0.5) is 5.95 Å². The zero-order valence-corrected chi connectivity index (χ0v) is 15.3. The fraction of sp³-hybridized carbons (Fsp3) is 0.176. The van der Waals surface area contributed by atoms with Gasteiger partial charge in [0.1, 0.15) is 11.5 Å². The van der Waals surface area contributed by atoms with Gasteiger partial charge in [-0.25, -0.2) is 0 Å². The molecule has 1 amide bonds. The number of halogens is 2. The fourth-order valence-corrected chi connectivity index (χ4v) is 2.57. The monoisotopic (exact) mass is 391 g/mol. The van der Waals surface area contributed by atoms with Crippen LogP contribution in [0.3, 0.4) is 0 Å². The van der Waals surface area contributed by atoms with Crippen molar-refractivity contribution in [1.82, 2.24) is 20.2 Å². The topological polar surface area (TPSA) is 85.8 Å². The lowest BCUT2D eigenvalue weighted by Crippen LogP contribution is -2.09. The maximum absolute atomic E-state index is 11.9. The minimum absolute atomic E-state index is 0.152. The van der Waals surface area contributed by atoms with E-state index in [-0.39, 0.29) is 11.9 Å². The summed E-state index contributed by atoms with van der Waals surface area (Å²) in [5.41, 5.74) is 0.681. The van der Waals surface area contributed by atoms with E-state index in [9.17, 15) is 4.79 Å². The van der Waals surface area contributed by atoms with Crippen LogP contribution in [0.15, 0.2) is 40.8 Å². The molecule has 0 aliphatic carbocycles. The number of tetrazole rings is 1. The van der Waals surface area contributed by atoms with Gasteiger partial charge in [0.15, 0.2) is 0 Å².